The molecule has 0 radical (unpaired) electrons. The number of ether oxygens (including phenoxy) is 1. The van der Waals surface area contributed by atoms with E-state index in [1.165, 1.54) is 11.8 Å². The van der Waals surface area contributed by atoms with Crippen molar-refractivity contribution in [3.8, 4) is 5.75 Å². The zero-order valence-corrected chi connectivity index (χ0v) is 20.6. The Hall–Kier alpha value is -3.31. The smallest absolute Gasteiger partial charge is 0.227 e. The lowest BCUT2D eigenvalue weighted by molar-refractivity contribution is -0.117. The predicted octanol–water partition coefficient (Wildman–Crippen LogP) is 3.72. The first-order valence-electron chi connectivity index (χ1n) is 11.8. The first-order valence-corrected chi connectivity index (χ1v) is 12.6. The van der Waals surface area contributed by atoms with E-state index in [0.717, 1.165) is 29.1 Å². The molecule has 2 aliphatic rings. The molecule has 0 unspecified atom stereocenters. The lowest BCUT2D eigenvalue weighted by atomic mass is 10.1. The third-order valence-electron chi connectivity index (χ3n) is 6.03. The van der Waals surface area contributed by atoms with Crippen LogP contribution in [0, 0.1) is 12.8 Å². The minimum absolute atomic E-state index is 0.0875. The number of hydrogen-bond donors (Lipinski definition) is 4. The van der Waals surface area contributed by atoms with Crippen LogP contribution in [0.5, 0.6) is 5.75 Å². The highest BCUT2D eigenvalue weighted by Crippen LogP contribution is 2.39. The van der Waals surface area contributed by atoms with E-state index >= 15 is 0 Å². The molecule has 0 spiro atoms. The summed E-state index contributed by atoms with van der Waals surface area (Å²) < 4.78 is 5.74. The molecular formula is C24H29N7O3S. The summed E-state index contributed by atoms with van der Waals surface area (Å²) in [7, 11) is 1.60. The molecule has 3 heterocycles. The number of hydrogen-bond acceptors (Lipinski definition) is 9. The number of carbonyl (C=O) groups excluding carboxylic acids is 1. The zero-order chi connectivity index (χ0) is 24.4. The maximum absolute atomic E-state index is 12.0. The van der Waals surface area contributed by atoms with E-state index in [-0.39, 0.29) is 17.9 Å². The number of rotatable bonds is 8. The molecule has 2 aromatic heterocycles. The van der Waals surface area contributed by atoms with Gasteiger partial charge >= 0.3 is 0 Å². The van der Waals surface area contributed by atoms with E-state index in [9.17, 15) is 9.90 Å². The van der Waals surface area contributed by atoms with Gasteiger partial charge in [0.1, 0.15) is 0 Å². The standard InChI is InChI=1S/C24H29N7O3S/c1-14-13-19(30-29-14)26-21-20(34-2)22(31-11-9-17(32)10-12-31)28-24(27-21)35-18-7-5-16(6-8-18)25-23(33)15-3-4-15/h5-8,13,15,17,32H,3-4,9-12H2,1-2H3,(H,25,33)(H2,26,27,28,29,30). The largest absolute Gasteiger partial charge is 0.490 e. The van der Waals surface area contributed by atoms with Gasteiger partial charge in [-0.25, -0.2) is 9.97 Å². The summed E-state index contributed by atoms with van der Waals surface area (Å²) in [6.07, 6.45) is 2.99. The van der Waals surface area contributed by atoms with E-state index in [2.05, 4.69) is 25.7 Å². The fourth-order valence-corrected chi connectivity index (χ4v) is 4.69. The molecule has 3 aromatic rings. The number of benzene rings is 1. The van der Waals surface area contributed by atoms with Crippen molar-refractivity contribution < 1.29 is 14.6 Å². The normalized spacial score (nSPS) is 16.3. The molecule has 1 aliphatic carbocycles. The summed E-state index contributed by atoms with van der Waals surface area (Å²) in [6.45, 7) is 3.28. The van der Waals surface area contributed by atoms with E-state index in [0.29, 0.717) is 54.3 Å². The molecule has 35 heavy (non-hydrogen) atoms. The number of amides is 1. The number of aliphatic hydroxyl groups excluding tert-OH is 1. The van der Waals surface area contributed by atoms with Gasteiger partial charge in [0.2, 0.25) is 11.7 Å². The highest BCUT2D eigenvalue weighted by molar-refractivity contribution is 7.99. The van der Waals surface area contributed by atoms with Crippen molar-refractivity contribution in [2.75, 3.05) is 35.7 Å². The summed E-state index contributed by atoms with van der Waals surface area (Å²) in [5.74, 6) is 2.61. The lowest BCUT2D eigenvalue weighted by Crippen LogP contribution is -2.36. The molecule has 1 aliphatic heterocycles. The maximum Gasteiger partial charge on any atom is 0.227 e. The van der Waals surface area contributed by atoms with Crippen LogP contribution >= 0.6 is 11.8 Å². The van der Waals surface area contributed by atoms with Crippen LogP contribution in [-0.2, 0) is 4.79 Å². The average Bonchev–Trinajstić information content (AvgIpc) is 3.63. The Morgan fingerprint density at radius 3 is 2.54 bits per heavy atom. The molecule has 2 fully saturated rings. The molecule has 1 aromatic carbocycles. The topological polar surface area (TPSA) is 128 Å². The van der Waals surface area contributed by atoms with Crippen molar-refractivity contribution in [1.29, 1.82) is 0 Å². The number of aryl methyl sites for hydroxylation is 1. The number of nitrogens with one attached hydrogen (secondary N) is 3. The van der Waals surface area contributed by atoms with E-state index in [4.69, 9.17) is 14.7 Å². The van der Waals surface area contributed by atoms with Crippen molar-refractivity contribution >= 4 is 40.8 Å². The van der Waals surface area contributed by atoms with Crippen LogP contribution in [-0.4, -0.2) is 57.5 Å². The van der Waals surface area contributed by atoms with E-state index in [1.807, 2.05) is 37.3 Å². The monoisotopic (exact) mass is 495 g/mol. The van der Waals surface area contributed by atoms with Gasteiger partial charge < -0.3 is 25.4 Å². The molecule has 5 rings (SSSR count). The molecule has 0 bridgehead atoms. The summed E-state index contributed by atoms with van der Waals surface area (Å²) >= 11 is 1.43. The Bertz CT molecular complexity index is 1190. The quantitative estimate of drug-likeness (QED) is 0.346. The number of piperidine rings is 1. The van der Waals surface area contributed by atoms with Crippen LogP contribution in [0.4, 0.5) is 23.1 Å². The van der Waals surface area contributed by atoms with Gasteiger partial charge in [0.05, 0.1) is 13.2 Å². The Kier molecular flexibility index (Phi) is 6.78. The fraction of sp³-hybridized carbons (Fsp3) is 0.417. The number of nitrogens with zero attached hydrogens (tertiary/aromatic N) is 4. The minimum Gasteiger partial charge on any atom is -0.490 e. The number of aromatic amines is 1. The van der Waals surface area contributed by atoms with Crippen LogP contribution in [0.1, 0.15) is 31.4 Å². The van der Waals surface area contributed by atoms with Crippen molar-refractivity contribution in [2.24, 2.45) is 5.92 Å². The van der Waals surface area contributed by atoms with Crippen LogP contribution in [0.25, 0.3) is 0 Å². The number of aromatic nitrogens is 4. The first kappa shape index (κ1) is 23.4. The SMILES string of the molecule is COc1c(Nc2cc(C)[nH]n2)nc(Sc2ccc(NC(=O)C3CC3)cc2)nc1N1CCC(O)CC1. The van der Waals surface area contributed by atoms with E-state index < -0.39 is 0 Å². The first-order chi connectivity index (χ1) is 17.0. The lowest BCUT2D eigenvalue weighted by Gasteiger charge is -2.31. The number of aliphatic hydroxyl groups is 1. The second-order valence-electron chi connectivity index (χ2n) is 8.88. The van der Waals surface area contributed by atoms with Gasteiger partial charge in [-0.15, -0.1) is 0 Å². The third-order valence-corrected chi connectivity index (χ3v) is 6.90. The number of H-pyrrole nitrogens is 1. The third kappa shape index (κ3) is 5.68. The van der Waals surface area contributed by atoms with Crippen LogP contribution in [0.15, 0.2) is 40.4 Å². The van der Waals surface area contributed by atoms with Gasteiger partial charge in [-0.1, -0.05) is 0 Å². The number of anilines is 4. The highest BCUT2D eigenvalue weighted by Gasteiger charge is 2.29. The number of carbonyl (C=O) groups is 1. The molecule has 10 nitrogen and oxygen atoms in total. The molecule has 1 saturated carbocycles. The second kappa shape index (κ2) is 10.1. The van der Waals surface area contributed by atoms with Crippen molar-refractivity contribution in [3.63, 3.8) is 0 Å². The van der Waals surface area contributed by atoms with Crippen molar-refractivity contribution in [2.45, 2.75) is 48.8 Å². The molecule has 184 valence electrons. The molecule has 11 heteroatoms. The van der Waals surface area contributed by atoms with Crippen molar-refractivity contribution in [1.82, 2.24) is 20.2 Å². The van der Waals surface area contributed by atoms with Gasteiger partial charge in [-0.3, -0.25) is 9.89 Å². The van der Waals surface area contributed by atoms with Crippen LogP contribution < -0.4 is 20.3 Å². The van der Waals surface area contributed by atoms with Crippen LogP contribution in [0.2, 0.25) is 0 Å². The summed E-state index contributed by atoms with van der Waals surface area (Å²) in [6, 6.07) is 9.57. The molecule has 0 atom stereocenters. The second-order valence-corrected chi connectivity index (χ2v) is 9.92. The average molecular weight is 496 g/mol. The van der Waals surface area contributed by atoms with Gasteiger partial charge in [0.25, 0.3) is 0 Å². The summed E-state index contributed by atoms with van der Waals surface area (Å²) in [5, 5.41) is 23.9. The molecule has 1 amide bonds. The van der Waals surface area contributed by atoms with Gasteiger partial charge in [-0.05, 0) is 68.6 Å². The van der Waals surface area contributed by atoms with E-state index in [1.54, 1.807) is 7.11 Å². The van der Waals surface area contributed by atoms with Crippen LogP contribution in [0.3, 0.4) is 0 Å². The Balaban J connectivity index is 1.42. The summed E-state index contributed by atoms with van der Waals surface area (Å²) in [4.78, 5) is 24.7. The Morgan fingerprint density at radius 2 is 1.91 bits per heavy atom. The van der Waals surface area contributed by atoms with Gasteiger partial charge in [0, 0.05) is 41.4 Å². The molecule has 4 N–H and O–H groups in total. The molecule has 1 saturated heterocycles. The molecular weight excluding hydrogens is 466 g/mol. The highest BCUT2D eigenvalue weighted by atomic mass is 32.2. The summed E-state index contributed by atoms with van der Waals surface area (Å²) in [5.41, 5.74) is 1.71. The Labute approximate surface area is 207 Å². The minimum atomic E-state index is -0.295. The fourth-order valence-electron chi connectivity index (χ4n) is 3.93. The number of methoxy groups -OCH3 is 1. The van der Waals surface area contributed by atoms with Gasteiger partial charge in [-0.2, -0.15) is 5.10 Å². The predicted molar refractivity (Wildman–Crippen MR) is 135 cm³/mol. The Morgan fingerprint density at radius 1 is 1.17 bits per heavy atom. The maximum atomic E-state index is 12.0. The van der Waals surface area contributed by atoms with Crippen molar-refractivity contribution in [3.05, 3.63) is 36.0 Å². The zero-order valence-electron chi connectivity index (χ0n) is 19.7. The van der Waals surface area contributed by atoms with Gasteiger partial charge in [0.15, 0.2) is 22.6 Å².